The van der Waals surface area contributed by atoms with Crippen LogP contribution in [0.2, 0.25) is 0 Å². The Morgan fingerprint density at radius 2 is 1.83 bits per heavy atom. The first kappa shape index (κ1) is 13.0. The Labute approximate surface area is 107 Å². The van der Waals surface area contributed by atoms with Crippen LogP contribution in [-0.4, -0.2) is 54.1 Å². The SMILES string of the molecule is CN1CCN(Cc2ccc(C(=O)NO)cc2)CC1. The number of hydrogen-bond acceptors (Lipinski definition) is 4. The predicted octanol–water partition coefficient (Wildman–Crippen LogP) is 0.553. The van der Waals surface area contributed by atoms with Gasteiger partial charge in [-0.05, 0) is 24.7 Å². The standard InChI is InChI=1S/C13H19N3O2/c1-15-6-8-16(9-7-15)10-11-2-4-12(5-3-11)13(17)14-18/h2-5,18H,6-10H2,1H3,(H,14,17). The van der Waals surface area contributed by atoms with Crippen LogP contribution in [0.5, 0.6) is 0 Å². The first-order valence-corrected chi connectivity index (χ1v) is 6.13. The molecule has 0 saturated carbocycles. The minimum atomic E-state index is -0.471. The highest BCUT2D eigenvalue weighted by Crippen LogP contribution is 2.09. The molecule has 18 heavy (non-hydrogen) atoms. The molecular formula is C13H19N3O2. The van der Waals surface area contributed by atoms with Crippen molar-refractivity contribution < 1.29 is 10.0 Å². The maximum Gasteiger partial charge on any atom is 0.274 e. The fourth-order valence-electron chi connectivity index (χ4n) is 2.09. The van der Waals surface area contributed by atoms with Gasteiger partial charge in [-0.25, -0.2) is 5.48 Å². The van der Waals surface area contributed by atoms with E-state index in [0.717, 1.165) is 32.7 Å². The Balaban J connectivity index is 1.92. The zero-order valence-corrected chi connectivity index (χ0v) is 10.6. The van der Waals surface area contributed by atoms with Gasteiger partial charge in [0.05, 0.1) is 0 Å². The maximum atomic E-state index is 11.2. The molecule has 1 amide bonds. The third kappa shape index (κ3) is 3.29. The van der Waals surface area contributed by atoms with E-state index in [9.17, 15) is 4.79 Å². The topological polar surface area (TPSA) is 55.8 Å². The van der Waals surface area contributed by atoms with E-state index in [4.69, 9.17) is 5.21 Å². The molecule has 0 atom stereocenters. The molecule has 2 N–H and O–H groups in total. The van der Waals surface area contributed by atoms with Crippen LogP contribution < -0.4 is 5.48 Å². The number of nitrogens with zero attached hydrogens (tertiary/aromatic N) is 2. The number of likely N-dealkylation sites (N-methyl/N-ethyl adjacent to an activating group) is 1. The number of amides is 1. The second-order valence-corrected chi connectivity index (χ2v) is 4.72. The van der Waals surface area contributed by atoms with Crippen LogP contribution in [0, 0.1) is 0 Å². The largest absolute Gasteiger partial charge is 0.304 e. The molecule has 1 saturated heterocycles. The lowest BCUT2D eigenvalue weighted by molar-refractivity contribution is 0.0706. The van der Waals surface area contributed by atoms with Crippen LogP contribution in [0.25, 0.3) is 0 Å². The van der Waals surface area contributed by atoms with Gasteiger partial charge in [-0.15, -0.1) is 0 Å². The normalized spacial score (nSPS) is 17.7. The summed E-state index contributed by atoms with van der Waals surface area (Å²) < 4.78 is 0. The molecule has 1 aromatic rings. The number of hydrogen-bond donors (Lipinski definition) is 2. The van der Waals surface area contributed by atoms with Crippen molar-refractivity contribution in [3.63, 3.8) is 0 Å². The molecule has 5 heteroatoms. The number of piperazine rings is 1. The summed E-state index contributed by atoms with van der Waals surface area (Å²) in [5.41, 5.74) is 3.29. The summed E-state index contributed by atoms with van der Waals surface area (Å²) in [6.07, 6.45) is 0. The van der Waals surface area contributed by atoms with E-state index in [1.54, 1.807) is 17.6 Å². The van der Waals surface area contributed by atoms with Crippen molar-refractivity contribution in [1.29, 1.82) is 0 Å². The average molecular weight is 249 g/mol. The van der Waals surface area contributed by atoms with Crippen LogP contribution in [0.15, 0.2) is 24.3 Å². The van der Waals surface area contributed by atoms with Gasteiger partial charge in [0.15, 0.2) is 0 Å². The number of benzene rings is 1. The summed E-state index contributed by atoms with van der Waals surface area (Å²) in [5, 5.41) is 8.53. The molecule has 0 spiro atoms. The van der Waals surface area contributed by atoms with E-state index < -0.39 is 5.91 Å². The first-order valence-electron chi connectivity index (χ1n) is 6.13. The zero-order valence-electron chi connectivity index (χ0n) is 10.6. The second-order valence-electron chi connectivity index (χ2n) is 4.72. The molecule has 98 valence electrons. The molecule has 0 aliphatic carbocycles. The Kier molecular flexibility index (Phi) is 4.30. The summed E-state index contributed by atoms with van der Waals surface area (Å²) in [4.78, 5) is 15.9. The Morgan fingerprint density at radius 3 is 2.39 bits per heavy atom. The highest BCUT2D eigenvalue weighted by atomic mass is 16.5. The van der Waals surface area contributed by atoms with Gasteiger partial charge in [0.1, 0.15) is 0 Å². The summed E-state index contributed by atoms with van der Waals surface area (Å²) in [7, 11) is 2.14. The number of carbonyl (C=O) groups excluding carboxylic acids is 1. The molecule has 1 heterocycles. The quantitative estimate of drug-likeness (QED) is 0.607. The lowest BCUT2D eigenvalue weighted by Gasteiger charge is -2.32. The fourth-order valence-corrected chi connectivity index (χ4v) is 2.09. The Hall–Kier alpha value is -1.43. The number of carbonyl (C=O) groups is 1. The zero-order chi connectivity index (χ0) is 13.0. The van der Waals surface area contributed by atoms with E-state index >= 15 is 0 Å². The number of hydroxylamine groups is 1. The van der Waals surface area contributed by atoms with Gasteiger partial charge < -0.3 is 4.90 Å². The van der Waals surface area contributed by atoms with Gasteiger partial charge in [0.2, 0.25) is 0 Å². The highest BCUT2D eigenvalue weighted by molar-refractivity contribution is 5.93. The smallest absolute Gasteiger partial charge is 0.274 e. The van der Waals surface area contributed by atoms with Gasteiger partial charge in [-0.1, -0.05) is 12.1 Å². The number of rotatable bonds is 3. The second kappa shape index (κ2) is 5.95. The van der Waals surface area contributed by atoms with Gasteiger partial charge in [0.25, 0.3) is 5.91 Å². The van der Waals surface area contributed by atoms with Crippen LogP contribution in [-0.2, 0) is 6.54 Å². The van der Waals surface area contributed by atoms with Crippen molar-refractivity contribution in [2.24, 2.45) is 0 Å². The van der Waals surface area contributed by atoms with Crippen LogP contribution >= 0.6 is 0 Å². The molecule has 1 fully saturated rings. The van der Waals surface area contributed by atoms with Crippen molar-refractivity contribution in [3.8, 4) is 0 Å². The molecule has 1 aromatic carbocycles. The third-order valence-corrected chi connectivity index (χ3v) is 3.32. The summed E-state index contributed by atoms with van der Waals surface area (Å²) in [6.45, 7) is 5.27. The van der Waals surface area contributed by atoms with Gasteiger partial charge >= 0.3 is 0 Å². The average Bonchev–Trinajstić information content (AvgIpc) is 2.41. The minimum absolute atomic E-state index is 0.471. The molecule has 0 radical (unpaired) electrons. The van der Waals surface area contributed by atoms with Crippen molar-refractivity contribution in [3.05, 3.63) is 35.4 Å². The predicted molar refractivity (Wildman–Crippen MR) is 68.5 cm³/mol. The third-order valence-electron chi connectivity index (χ3n) is 3.32. The molecule has 1 aliphatic rings. The molecule has 0 aromatic heterocycles. The Morgan fingerprint density at radius 1 is 1.22 bits per heavy atom. The van der Waals surface area contributed by atoms with E-state index in [2.05, 4.69) is 16.8 Å². The summed E-state index contributed by atoms with van der Waals surface area (Å²) in [5.74, 6) is -0.471. The van der Waals surface area contributed by atoms with Crippen molar-refractivity contribution >= 4 is 5.91 Å². The van der Waals surface area contributed by atoms with Gasteiger partial charge in [-0.3, -0.25) is 14.9 Å². The molecule has 1 aliphatic heterocycles. The number of nitrogens with one attached hydrogen (secondary N) is 1. The van der Waals surface area contributed by atoms with Crippen molar-refractivity contribution in [1.82, 2.24) is 15.3 Å². The van der Waals surface area contributed by atoms with E-state index in [0.29, 0.717) is 5.56 Å². The Bertz CT molecular complexity index is 397. The van der Waals surface area contributed by atoms with Gasteiger partial charge in [0, 0.05) is 38.3 Å². The van der Waals surface area contributed by atoms with E-state index in [1.165, 1.54) is 5.56 Å². The van der Waals surface area contributed by atoms with Crippen LogP contribution in [0.4, 0.5) is 0 Å². The highest BCUT2D eigenvalue weighted by Gasteiger charge is 2.13. The molecule has 0 unspecified atom stereocenters. The lowest BCUT2D eigenvalue weighted by atomic mass is 10.1. The monoisotopic (exact) mass is 249 g/mol. The summed E-state index contributed by atoms with van der Waals surface area (Å²) >= 11 is 0. The van der Waals surface area contributed by atoms with E-state index in [-0.39, 0.29) is 0 Å². The molecule has 5 nitrogen and oxygen atoms in total. The molecular weight excluding hydrogens is 230 g/mol. The minimum Gasteiger partial charge on any atom is -0.304 e. The van der Waals surface area contributed by atoms with E-state index in [1.807, 2.05) is 12.1 Å². The molecule has 2 rings (SSSR count). The van der Waals surface area contributed by atoms with Crippen molar-refractivity contribution in [2.75, 3.05) is 33.2 Å². The fraction of sp³-hybridized carbons (Fsp3) is 0.462. The van der Waals surface area contributed by atoms with Crippen LogP contribution in [0.1, 0.15) is 15.9 Å². The first-order chi connectivity index (χ1) is 8.69. The van der Waals surface area contributed by atoms with Crippen molar-refractivity contribution in [2.45, 2.75) is 6.54 Å². The molecule has 0 bridgehead atoms. The summed E-state index contributed by atoms with van der Waals surface area (Å²) in [6, 6.07) is 7.33. The van der Waals surface area contributed by atoms with Crippen LogP contribution in [0.3, 0.4) is 0 Å². The lowest BCUT2D eigenvalue weighted by Crippen LogP contribution is -2.43. The maximum absolute atomic E-state index is 11.2. The van der Waals surface area contributed by atoms with Gasteiger partial charge in [-0.2, -0.15) is 0 Å².